The zero-order valence-corrected chi connectivity index (χ0v) is 25.5. The smallest absolute Gasteiger partial charge is 0.413 e. The fourth-order valence-corrected chi connectivity index (χ4v) is 4.38. The van der Waals surface area contributed by atoms with E-state index in [1.807, 2.05) is 0 Å². The lowest BCUT2D eigenvalue weighted by atomic mass is 9.94. The standard InChI is InChI=1S/C33H35N5O7/c1-6-20-15-25(30(39)36-22-11-9-21(10-12-22)29(34)38-33(42)45-18(2)3)24(16-27(20)43-4)23-13-14-26(37-28(23)32(41)44-5)31(40)35-17-19-7-8-19/h6,9-16,18-19H,1,7-8,17H2,2-5H3,(H,35,40)(H,36,39)(H2,34,38,42). The summed E-state index contributed by atoms with van der Waals surface area (Å²) in [5.74, 6) is -1.05. The van der Waals surface area contributed by atoms with E-state index < -0.39 is 23.9 Å². The molecule has 1 aliphatic rings. The first-order chi connectivity index (χ1) is 21.5. The first-order valence-electron chi connectivity index (χ1n) is 14.2. The highest BCUT2D eigenvalue weighted by Crippen LogP contribution is 2.34. The van der Waals surface area contributed by atoms with E-state index in [-0.39, 0.29) is 34.5 Å². The summed E-state index contributed by atoms with van der Waals surface area (Å²) >= 11 is 0. The fourth-order valence-electron chi connectivity index (χ4n) is 4.38. The van der Waals surface area contributed by atoms with E-state index in [9.17, 15) is 19.2 Å². The molecule has 1 aliphatic carbocycles. The van der Waals surface area contributed by atoms with Crippen molar-refractivity contribution in [1.29, 1.82) is 5.41 Å². The molecule has 12 heteroatoms. The fraction of sp³-hybridized carbons (Fsp3) is 0.273. The molecule has 0 aliphatic heterocycles. The number of benzene rings is 2. The minimum Gasteiger partial charge on any atom is -0.496 e. The van der Waals surface area contributed by atoms with Crippen molar-refractivity contribution < 1.29 is 33.4 Å². The molecule has 0 bridgehead atoms. The number of nitrogens with zero attached hydrogens (tertiary/aromatic N) is 1. The Hall–Kier alpha value is -5.52. The Bertz CT molecular complexity index is 1650. The van der Waals surface area contributed by atoms with Gasteiger partial charge in [-0.25, -0.2) is 14.6 Å². The Morgan fingerprint density at radius 3 is 2.33 bits per heavy atom. The van der Waals surface area contributed by atoms with Gasteiger partial charge in [0.2, 0.25) is 0 Å². The Morgan fingerprint density at radius 1 is 1.02 bits per heavy atom. The van der Waals surface area contributed by atoms with Gasteiger partial charge in [0, 0.05) is 40.0 Å². The summed E-state index contributed by atoms with van der Waals surface area (Å²) in [6.07, 6.45) is 2.57. The number of aromatic nitrogens is 1. The molecule has 234 valence electrons. The second-order valence-corrected chi connectivity index (χ2v) is 10.6. The van der Waals surface area contributed by atoms with Gasteiger partial charge in [-0.1, -0.05) is 12.7 Å². The highest BCUT2D eigenvalue weighted by molar-refractivity contribution is 6.11. The first-order valence-corrected chi connectivity index (χ1v) is 14.2. The SMILES string of the molecule is C=Cc1cc(C(=O)Nc2ccc(C(=N)NC(=O)OC(C)C)cc2)c(-c2ccc(C(=O)NCC3CC3)nc2C(=O)OC)cc1OC. The molecule has 0 saturated heterocycles. The second-order valence-electron chi connectivity index (χ2n) is 10.6. The topological polar surface area (TPSA) is 169 Å². The predicted molar refractivity (Wildman–Crippen MR) is 169 cm³/mol. The van der Waals surface area contributed by atoms with E-state index in [1.54, 1.807) is 56.3 Å². The molecule has 45 heavy (non-hydrogen) atoms. The number of methoxy groups -OCH3 is 2. The molecular formula is C33H35N5O7. The second kappa shape index (κ2) is 14.3. The largest absolute Gasteiger partial charge is 0.496 e. The number of hydrogen-bond acceptors (Lipinski definition) is 9. The minimum atomic E-state index is -0.788. The molecule has 1 saturated carbocycles. The van der Waals surface area contributed by atoms with Crippen LogP contribution >= 0.6 is 0 Å². The number of esters is 1. The van der Waals surface area contributed by atoms with E-state index in [0.717, 1.165) is 12.8 Å². The Labute approximate surface area is 260 Å². The Balaban J connectivity index is 1.66. The molecule has 0 unspecified atom stereocenters. The summed E-state index contributed by atoms with van der Waals surface area (Å²) in [5.41, 5.74) is 1.93. The van der Waals surface area contributed by atoms with Gasteiger partial charge in [-0.3, -0.25) is 20.3 Å². The average molecular weight is 614 g/mol. The van der Waals surface area contributed by atoms with Crippen LogP contribution in [0.5, 0.6) is 5.75 Å². The summed E-state index contributed by atoms with van der Waals surface area (Å²) in [6.45, 7) is 7.74. The van der Waals surface area contributed by atoms with Crippen molar-refractivity contribution in [3.05, 3.63) is 83.2 Å². The maximum Gasteiger partial charge on any atom is 0.413 e. The monoisotopic (exact) mass is 613 g/mol. The summed E-state index contributed by atoms with van der Waals surface area (Å²) in [4.78, 5) is 55.5. The van der Waals surface area contributed by atoms with Crippen LogP contribution in [-0.2, 0) is 9.47 Å². The van der Waals surface area contributed by atoms with Gasteiger partial charge in [0.25, 0.3) is 11.8 Å². The number of nitrogens with one attached hydrogen (secondary N) is 4. The van der Waals surface area contributed by atoms with Crippen molar-refractivity contribution >= 4 is 41.5 Å². The quantitative estimate of drug-likeness (QED) is 0.132. The summed E-state index contributed by atoms with van der Waals surface area (Å²) in [5, 5.41) is 16.1. The molecule has 3 aromatic rings. The number of anilines is 1. The van der Waals surface area contributed by atoms with Crippen LogP contribution < -0.4 is 20.7 Å². The number of ether oxygens (including phenoxy) is 3. The third kappa shape index (κ3) is 8.11. The lowest BCUT2D eigenvalue weighted by molar-refractivity contribution is 0.0594. The maximum absolute atomic E-state index is 13.7. The van der Waals surface area contributed by atoms with Crippen molar-refractivity contribution in [1.82, 2.24) is 15.6 Å². The van der Waals surface area contributed by atoms with E-state index in [4.69, 9.17) is 19.6 Å². The van der Waals surface area contributed by atoms with Crippen LogP contribution in [0.25, 0.3) is 17.2 Å². The van der Waals surface area contributed by atoms with Crippen molar-refractivity contribution in [2.24, 2.45) is 5.92 Å². The molecule has 2 aromatic carbocycles. The molecule has 1 aromatic heterocycles. The number of amidine groups is 1. The molecule has 4 rings (SSSR count). The van der Waals surface area contributed by atoms with Crippen LogP contribution in [0.15, 0.2) is 55.1 Å². The average Bonchev–Trinajstić information content (AvgIpc) is 3.86. The van der Waals surface area contributed by atoms with Crippen molar-refractivity contribution in [3.8, 4) is 16.9 Å². The third-order valence-electron chi connectivity index (χ3n) is 6.88. The van der Waals surface area contributed by atoms with E-state index in [1.165, 1.54) is 26.4 Å². The lowest BCUT2D eigenvalue weighted by Crippen LogP contribution is -2.32. The van der Waals surface area contributed by atoms with Crippen LogP contribution in [-0.4, -0.2) is 61.6 Å². The van der Waals surface area contributed by atoms with Crippen molar-refractivity contribution in [2.75, 3.05) is 26.1 Å². The number of hydrogen-bond donors (Lipinski definition) is 4. The predicted octanol–water partition coefficient (Wildman–Crippen LogP) is 5.04. The van der Waals surface area contributed by atoms with E-state index >= 15 is 0 Å². The molecule has 1 heterocycles. The zero-order chi connectivity index (χ0) is 32.7. The van der Waals surface area contributed by atoms with Gasteiger partial charge in [-0.05, 0) is 81.1 Å². The van der Waals surface area contributed by atoms with Crippen LogP contribution in [0.1, 0.15) is 69.2 Å². The van der Waals surface area contributed by atoms with Gasteiger partial charge in [-0.15, -0.1) is 0 Å². The molecule has 4 N–H and O–H groups in total. The summed E-state index contributed by atoms with van der Waals surface area (Å²) < 4.78 is 15.5. The number of alkyl carbamates (subject to hydrolysis) is 1. The van der Waals surface area contributed by atoms with Crippen LogP contribution in [0.4, 0.5) is 10.5 Å². The normalized spacial score (nSPS) is 12.1. The van der Waals surface area contributed by atoms with Crippen LogP contribution in [0, 0.1) is 11.3 Å². The molecule has 1 fully saturated rings. The Kier molecular flexibility index (Phi) is 10.3. The molecular weight excluding hydrogens is 578 g/mol. The Morgan fingerprint density at radius 2 is 1.73 bits per heavy atom. The van der Waals surface area contributed by atoms with Gasteiger partial charge in [0.05, 0.1) is 20.3 Å². The molecule has 0 atom stereocenters. The zero-order valence-electron chi connectivity index (χ0n) is 25.5. The molecule has 0 radical (unpaired) electrons. The molecule has 12 nitrogen and oxygen atoms in total. The number of carbonyl (C=O) groups excluding carboxylic acids is 4. The van der Waals surface area contributed by atoms with Crippen LogP contribution in [0.3, 0.4) is 0 Å². The molecule has 3 amide bonds. The van der Waals surface area contributed by atoms with E-state index in [2.05, 4.69) is 27.5 Å². The third-order valence-corrected chi connectivity index (χ3v) is 6.88. The van der Waals surface area contributed by atoms with E-state index in [0.29, 0.717) is 40.6 Å². The van der Waals surface area contributed by atoms with Crippen LogP contribution in [0.2, 0.25) is 0 Å². The summed E-state index contributed by atoms with van der Waals surface area (Å²) in [7, 11) is 2.67. The van der Waals surface area contributed by atoms with Gasteiger partial charge in [0.1, 0.15) is 17.3 Å². The van der Waals surface area contributed by atoms with Crippen molar-refractivity contribution in [2.45, 2.75) is 32.8 Å². The van der Waals surface area contributed by atoms with Gasteiger partial charge >= 0.3 is 12.1 Å². The van der Waals surface area contributed by atoms with Gasteiger partial charge < -0.3 is 24.8 Å². The highest BCUT2D eigenvalue weighted by atomic mass is 16.6. The lowest BCUT2D eigenvalue weighted by Gasteiger charge is -2.17. The maximum atomic E-state index is 13.7. The number of carbonyl (C=O) groups is 4. The van der Waals surface area contributed by atoms with Gasteiger partial charge in [0.15, 0.2) is 5.69 Å². The first kappa shape index (κ1) is 32.4. The number of pyridine rings is 1. The highest BCUT2D eigenvalue weighted by Gasteiger charge is 2.26. The van der Waals surface area contributed by atoms with Gasteiger partial charge in [-0.2, -0.15) is 0 Å². The minimum absolute atomic E-state index is 0.0399. The van der Waals surface area contributed by atoms with Crippen molar-refractivity contribution in [3.63, 3.8) is 0 Å². The number of amides is 3. The summed E-state index contributed by atoms with van der Waals surface area (Å²) in [6, 6.07) is 12.5. The molecule has 0 spiro atoms. The number of rotatable bonds is 11.